The molecule has 0 aromatic heterocycles. The lowest BCUT2D eigenvalue weighted by molar-refractivity contribution is -0.129. The Hall–Kier alpha value is -2.03. The highest BCUT2D eigenvalue weighted by Gasteiger charge is 2.25. The van der Waals surface area contributed by atoms with Crippen molar-refractivity contribution in [1.82, 2.24) is 4.90 Å². The van der Waals surface area contributed by atoms with Gasteiger partial charge in [0, 0.05) is 25.4 Å². The van der Waals surface area contributed by atoms with E-state index in [1.807, 2.05) is 4.90 Å². The molecule has 0 aliphatic carbocycles. The van der Waals surface area contributed by atoms with Crippen molar-refractivity contribution in [2.24, 2.45) is 0 Å². The molecule has 1 saturated heterocycles. The fourth-order valence-electron chi connectivity index (χ4n) is 3.45. The van der Waals surface area contributed by atoms with E-state index in [1.165, 1.54) is 16.3 Å². The third-order valence-corrected chi connectivity index (χ3v) is 4.74. The van der Waals surface area contributed by atoms with Gasteiger partial charge in [0.15, 0.2) is 0 Å². The highest BCUT2D eigenvalue weighted by atomic mass is 16.5. The van der Waals surface area contributed by atoms with Gasteiger partial charge in [-0.3, -0.25) is 4.79 Å². The molecule has 0 saturated carbocycles. The zero-order valence-electron chi connectivity index (χ0n) is 14.0. The minimum absolute atomic E-state index is 0.185. The normalized spacial score (nSPS) is 15.8. The SMILES string of the molecule is CCCOc1c(C2CCN(C(C)=O)CC2)ccc2ccccc12. The van der Waals surface area contributed by atoms with Crippen molar-refractivity contribution in [3.63, 3.8) is 0 Å². The van der Waals surface area contributed by atoms with Crippen LogP contribution in [0.15, 0.2) is 36.4 Å². The molecule has 0 atom stereocenters. The van der Waals surface area contributed by atoms with Crippen LogP contribution in [0.2, 0.25) is 0 Å². The van der Waals surface area contributed by atoms with Crippen molar-refractivity contribution in [1.29, 1.82) is 0 Å². The summed E-state index contributed by atoms with van der Waals surface area (Å²) in [5.74, 6) is 1.71. The predicted molar refractivity (Wildman–Crippen MR) is 94.0 cm³/mol. The molecule has 2 aromatic rings. The van der Waals surface area contributed by atoms with Gasteiger partial charge in [0.05, 0.1) is 6.61 Å². The van der Waals surface area contributed by atoms with Gasteiger partial charge in [0.2, 0.25) is 5.91 Å². The number of benzene rings is 2. The first-order valence-corrected chi connectivity index (χ1v) is 8.60. The van der Waals surface area contributed by atoms with Crippen LogP contribution in [0.5, 0.6) is 5.75 Å². The first-order chi connectivity index (χ1) is 11.2. The Morgan fingerprint density at radius 1 is 1.17 bits per heavy atom. The fourth-order valence-corrected chi connectivity index (χ4v) is 3.45. The Kier molecular flexibility index (Phi) is 4.85. The van der Waals surface area contributed by atoms with Crippen molar-refractivity contribution < 1.29 is 9.53 Å². The Morgan fingerprint density at radius 3 is 2.61 bits per heavy atom. The summed E-state index contributed by atoms with van der Waals surface area (Å²) in [6.45, 7) is 6.23. The molecule has 1 aliphatic heterocycles. The number of likely N-dealkylation sites (tertiary alicyclic amines) is 1. The molecule has 0 bridgehead atoms. The molecule has 1 heterocycles. The predicted octanol–water partition coefficient (Wildman–Crippen LogP) is 4.35. The maximum atomic E-state index is 11.5. The van der Waals surface area contributed by atoms with Crippen LogP contribution in [0.4, 0.5) is 0 Å². The van der Waals surface area contributed by atoms with E-state index in [0.717, 1.165) is 44.7 Å². The molecule has 3 rings (SSSR count). The van der Waals surface area contributed by atoms with Crippen LogP contribution in [0.1, 0.15) is 44.6 Å². The number of rotatable bonds is 4. The fraction of sp³-hybridized carbons (Fsp3) is 0.450. The van der Waals surface area contributed by atoms with Gasteiger partial charge in [-0.05, 0) is 36.1 Å². The maximum absolute atomic E-state index is 11.5. The summed E-state index contributed by atoms with van der Waals surface area (Å²) < 4.78 is 6.15. The summed E-state index contributed by atoms with van der Waals surface area (Å²) >= 11 is 0. The molecule has 3 heteroatoms. The molecule has 3 nitrogen and oxygen atoms in total. The zero-order chi connectivity index (χ0) is 16.2. The zero-order valence-corrected chi connectivity index (χ0v) is 14.0. The summed E-state index contributed by atoms with van der Waals surface area (Å²) in [6.07, 6.45) is 3.03. The van der Waals surface area contributed by atoms with Gasteiger partial charge in [-0.25, -0.2) is 0 Å². The van der Waals surface area contributed by atoms with Gasteiger partial charge >= 0.3 is 0 Å². The molecule has 0 unspecified atom stereocenters. The smallest absolute Gasteiger partial charge is 0.219 e. The van der Waals surface area contributed by atoms with Gasteiger partial charge in [-0.2, -0.15) is 0 Å². The van der Waals surface area contributed by atoms with Crippen LogP contribution in [0.25, 0.3) is 10.8 Å². The molecule has 0 radical (unpaired) electrons. The lowest BCUT2D eigenvalue weighted by atomic mass is 9.87. The number of carbonyl (C=O) groups excluding carboxylic acids is 1. The van der Waals surface area contributed by atoms with Crippen LogP contribution in [-0.2, 0) is 4.79 Å². The number of amides is 1. The number of nitrogens with zero attached hydrogens (tertiary/aromatic N) is 1. The Morgan fingerprint density at radius 2 is 1.91 bits per heavy atom. The molecule has 1 amide bonds. The first kappa shape index (κ1) is 15.9. The lowest BCUT2D eigenvalue weighted by Crippen LogP contribution is -2.36. The summed E-state index contributed by atoms with van der Waals surface area (Å²) in [4.78, 5) is 13.5. The van der Waals surface area contributed by atoms with Crippen LogP contribution in [0, 0.1) is 0 Å². The van der Waals surface area contributed by atoms with Crippen molar-refractivity contribution in [2.45, 2.75) is 39.0 Å². The largest absolute Gasteiger partial charge is 0.493 e. The molecule has 0 spiro atoms. The van der Waals surface area contributed by atoms with Crippen molar-refractivity contribution in [3.8, 4) is 5.75 Å². The van der Waals surface area contributed by atoms with E-state index >= 15 is 0 Å². The standard InChI is InChI=1S/C20H25NO2/c1-3-14-23-20-18-7-5-4-6-16(18)8-9-19(20)17-10-12-21(13-11-17)15(2)22/h4-9,17H,3,10-14H2,1-2H3. The number of hydrogen-bond donors (Lipinski definition) is 0. The molecular weight excluding hydrogens is 286 g/mol. The lowest BCUT2D eigenvalue weighted by Gasteiger charge is -2.32. The minimum Gasteiger partial charge on any atom is -0.493 e. The number of fused-ring (bicyclic) bond motifs is 1. The van der Waals surface area contributed by atoms with Crippen LogP contribution in [-0.4, -0.2) is 30.5 Å². The molecule has 1 fully saturated rings. The minimum atomic E-state index is 0.185. The molecule has 23 heavy (non-hydrogen) atoms. The Bertz CT molecular complexity index is 687. The molecular formula is C20H25NO2. The quantitative estimate of drug-likeness (QED) is 0.840. The maximum Gasteiger partial charge on any atom is 0.219 e. The topological polar surface area (TPSA) is 29.5 Å². The van der Waals surface area contributed by atoms with E-state index in [-0.39, 0.29) is 5.91 Å². The van der Waals surface area contributed by atoms with Crippen molar-refractivity contribution in [2.75, 3.05) is 19.7 Å². The van der Waals surface area contributed by atoms with E-state index < -0.39 is 0 Å². The number of hydrogen-bond acceptors (Lipinski definition) is 2. The molecule has 0 N–H and O–H groups in total. The molecule has 2 aromatic carbocycles. The Balaban J connectivity index is 1.92. The highest BCUT2D eigenvalue weighted by molar-refractivity contribution is 5.89. The third kappa shape index (κ3) is 3.34. The second kappa shape index (κ2) is 7.03. The van der Waals surface area contributed by atoms with Gasteiger partial charge in [-0.15, -0.1) is 0 Å². The van der Waals surface area contributed by atoms with E-state index in [1.54, 1.807) is 6.92 Å². The van der Waals surface area contributed by atoms with Crippen LogP contribution >= 0.6 is 0 Å². The number of piperidine rings is 1. The summed E-state index contributed by atoms with van der Waals surface area (Å²) in [6, 6.07) is 12.8. The van der Waals surface area contributed by atoms with Crippen LogP contribution < -0.4 is 4.74 Å². The van der Waals surface area contributed by atoms with E-state index in [0.29, 0.717) is 5.92 Å². The average molecular weight is 311 g/mol. The second-order valence-corrected chi connectivity index (χ2v) is 6.33. The third-order valence-electron chi connectivity index (χ3n) is 4.74. The van der Waals surface area contributed by atoms with Gasteiger partial charge in [-0.1, -0.05) is 43.3 Å². The number of ether oxygens (including phenoxy) is 1. The summed E-state index contributed by atoms with van der Waals surface area (Å²) in [5.41, 5.74) is 1.31. The Labute approximate surface area is 138 Å². The average Bonchev–Trinajstić information content (AvgIpc) is 2.59. The van der Waals surface area contributed by atoms with Crippen molar-refractivity contribution in [3.05, 3.63) is 42.0 Å². The van der Waals surface area contributed by atoms with Gasteiger partial charge in [0.25, 0.3) is 0 Å². The number of carbonyl (C=O) groups is 1. The molecule has 122 valence electrons. The van der Waals surface area contributed by atoms with E-state index in [4.69, 9.17) is 4.74 Å². The summed E-state index contributed by atoms with van der Waals surface area (Å²) in [5, 5.41) is 2.43. The first-order valence-electron chi connectivity index (χ1n) is 8.60. The second-order valence-electron chi connectivity index (χ2n) is 6.33. The van der Waals surface area contributed by atoms with E-state index in [9.17, 15) is 4.79 Å². The van der Waals surface area contributed by atoms with Crippen molar-refractivity contribution >= 4 is 16.7 Å². The monoisotopic (exact) mass is 311 g/mol. The van der Waals surface area contributed by atoms with Gasteiger partial charge in [0.1, 0.15) is 5.75 Å². The van der Waals surface area contributed by atoms with Crippen LogP contribution in [0.3, 0.4) is 0 Å². The summed E-state index contributed by atoms with van der Waals surface area (Å²) in [7, 11) is 0. The highest BCUT2D eigenvalue weighted by Crippen LogP contribution is 2.39. The van der Waals surface area contributed by atoms with E-state index in [2.05, 4.69) is 43.3 Å². The van der Waals surface area contributed by atoms with Gasteiger partial charge < -0.3 is 9.64 Å². The molecule has 1 aliphatic rings.